The molecule has 25 heavy (non-hydrogen) atoms. The second-order valence-corrected chi connectivity index (χ2v) is 6.62. The zero-order valence-corrected chi connectivity index (χ0v) is 14.1. The summed E-state index contributed by atoms with van der Waals surface area (Å²) in [4.78, 5) is 27.3. The highest BCUT2D eigenvalue weighted by molar-refractivity contribution is 5.92. The Balaban J connectivity index is 1.38. The third-order valence-electron chi connectivity index (χ3n) is 4.92. The number of hydrogen-bond donors (Lipinski definition) is 1. The van der Waals surface area contributed by atoms with Crippen LogP contribution in [0.25, 0.3) is 0 Å². The number of fused-ring (bicyclic) bond motifs is 1. The number of anilines is 1. The van der Waals surface area contributed by atoms with Gasteiger partial charge in [-0.15, -0.1) is 0 Å². The Morgan fingerprint density at radius 2 is 2.12 bits per heavy atom. The minimum atomic E-state index is -0.0141. The molecule has 2 aromatic rings. The molecule has 0 saturated carbocycles. The molecule has 7 heteroatoms. The van der Waals surface area contributed by atoms with Crippen LogP contribution in [0.2, 0.25) is 0 Å². The lowest BCUT2D eigenvalue weighted by atomic mass is 9.93. The SMILES string of the molecule is Cc1cccc(C(=O)N2C[C@@H]3[C@@H](CNc4ncccn4)CO[C@@H]3C2)n1. The summed E-state index contributed by atoms with van der Waals surface area (Å²) in [6.07, 6.45) is 3.54. The summed E-state index contributed by atoms with van der Waals surface area (Å²) < 4.78 is 5.92. The Bertz CT molecular complexity index is 754. The number of aryl methyl sites for hydroxylation is 1. The predicted octanol–water partition coefficient (Wildman–Crippen LogP) is 1.38. The molecular weight excluding hydrogens is 318 g/mol. The van der Waals surface area contributed by atoms with Crippen LogP contribution in [0.4, 0.5) is 5.95 Å². The molecule has 3 atom stereocenters. The largest absolute Gasteiger partial charge is 0.376 e. The second-order valence-electron chi connectivity index (χ2n) is 6.62. The lowest BCUT2D eigenvalue weighted by Gasteiger charge is -2.20. The molecule has 0 aromatic carbocycles. The van der Waals surface area contributed by atoms with Gasteiger partial charge in [0.05, 0.1) is 12.7 Å². The molecule has 0 bridgehead atoms. The van der Waals surface area contributed by atoms with E-state index in [0.717, 1.165) is 12.2 Å². The van der Waals surface area contributed by atoms with Crippen molar-refractivity contribution in [2.45, 2.75) is 13.0 Å². The molecular formula is C18H21N5O2. The van der Waals surface area contributed by atoms with Crippen molar-refractivity contribution >= 4 is 11.9 Å². The van der Waals surface area contributed by atoms with Gasteiger partial charge in [0.1, 0.15) is 5.69 Å². The average Bonchev–Trinajstić information content (AvgIpc) is 3.21. The maximum atomic E-state index is 12.7. The standard InChI is InChI=1S/C18H21N5O2/c1-12-4-2-5-15(22-12)17(24)23-9-14-13(11-25-16(14)10-23)8-21-18-19-6-3-7-20-18/h2-7,13-14,16H,8-11H2,1H3,(H,19,20,21)/t13-,14+,16+/m0/s1. The molecule has 7 nitrogen and oxygen atoms in total. The van der Waals surface area contributed by atoms with Gasteiger partial charge >= 0.3 is 0 Å². The number of aromatic nitrogens is 3. The van der Waals surface area contributed by atoms with Gasteiger partial charge in [0.25, 0.3) is 5.91 Å². The number of nitrogens with zero attached hydrogens (tertiary/aromatic N) is 4. The molecule has 1 N–H and O–H groups in total. The van der Waals surface area contributed by atoms with Gasteiger partial charge in [0.2, 0.25) is 5.95 Å². The average molecular weight is 339 g/mol. The Morgan fingerprint density at radius 1 is 1.28 bits per heavy atom. The third-order valence-corrected chi connectivity index (χ3v) is 4.92. The van der Waals surface area contributed by atoms with E-state index in [-0.39, 0.29) is 12.0 Å². The van der Waals surface area contributed by atoms with Crippen LogP contribution in [0.15, 0.2) is 36.7 Å². The van der Waals surface area contributed by atoms with Gasteiger partial charge in [-0.25, -0.2) is 15.0 Å². The monoisotopic (exact) mass is 339 g/mol. The summed E-state index contributed by atoms with van der Waals surface area (Å²) in [6.45, 7) is 4.69. The Hall–Kier alpha value is -2.54. The van der Waals surface area contributed by atoms with E-state index in [9.17, 15) is 4.79 Å². The van der Waals surface area contributed by atoms with Gasteiger partial charge < -0.3 is 15.0 Å². The maximum Gasteiger partial charge on any atom is 0.272 e. The first-order chi connectivity index (χ1) is 12.2. The van der Waals surface area contributed by atoms with E-state index in [1.165, 1.54) is 0 Å². The summed E-state index contributed by atoms with van der Waals surface area (Å²) >= 11 is 0. The number of ether oxygens (including phenoxy) is 1. The van der Waals surface area contributed by atoms with E-state index < -0.39 is 0 Å². The predicted molar refractivity (Wildman–Crippen MR) is 92.1 cm³/mol. The highest BCUT2D eigenvalue weighted by Crippen LogP contribution is 2.34. The van der Waals surface area contributed by atoms with Crippen LogP contribution in [0.5, 0.6) is 0 Å². The van der Waals surface area contributed by atoms with Crippen molar-refractivity contribution in [1.82, 2.24) is 19.9 Å². The Labute approximate surface area is 146 Å². The zero-order valence-electron chi connectivity index (χ0n) is 14.1. The zero-order chi connectivity index (χ0) is 17.2. The molecule has 0 aliphatic carbocycles. The summed E-state index contributed by atoms with van der Waals surface area (Å²) in [5.74, 6) is 1.29. The van der Waals surface area contributed by atoms with Crippen LogP contribution >= 0.6 is 0 Å². The molecule has 0 radical (unpaired) electrons. The number of carbonyl (C=O) groups is 1. The van der Waals surface area contributed by atoms with Crippen LogP contribution < -0.4 is 5.32 Å². The molecule has 4 heterocycles. The molecule has 2 fully saturated rings. The van der Waals surface area contributed by atoms with Crippen molar-refractivity contribution in [2.75, 3.05) is 31.6 Å². The number of pyridine rings is 1. The smallest absolute Gasteiger partial charge is 0.272 e. The number of carbonyl (C=O) groups excluding carboxylic acids is 1. The van der Waals surface area contributed by atoms with E-state index in [4.69, 9.17) is 4.74 Å². The first-order valence-electron chi connectivity index (χ1n) is 8.56. The lowest BCUT2D eigenvalue weighted by Crippen LogP contribution is -2.32. The molecule has 0 unspecified atom stereocenters. The Kier molecular flexibility index (Phi) is 4.31. The summed E-state index contributed by atoms with van der Waals surface area (Å²) in [6, 6.07) is 7.33. The number of hydrogen-bond acceptors (Lipinski definition) is 6. The first kappa shape index (κ1) is 16.0. The summed E-state index contributed by atoms with van der Waals surface area (Å²) in [5.41, 5.74) is 1.36. The van der Waals surface area contributed by atoms with E-state index >= 15 is 0 Å². The fourth-order valence-corrected chi connectivity index (χ4v) is 3.61. The molecule has 2 aliphatic rings. The minimum Gasteiger partial charge on any atom is -0.376 e. The molecule has 4 rings (SSSR count). The number of rotatable bonds is 4. The lowest BCUT2D eigenvalue weighted by molar-refractivity contribution is 0.0675. The van der Waals surface area contributed by atoms with Gasteiger partial charge in [-0.3, -0.25) is 4.79 Å². The van der Waals surface area contributed by atoms with Crippen molar-refractivity contribution in [3.8, 4) is 0 Å². The van der Waals surface area contributed by atoms with E-state index in [1.807, 2.05) is 24.0 Å². The topological polar surface area (TPSA) is 80.2 Å². The Morgan fingerprint density at radius 3 is 2.92 bits per heavy atom. The number of amides is 1. The van der Waals surface area contributed by atoms with Crippen LogP contribution in [0, 0.1) is 18.8 Å². The van der Waals surface area contributed by atoms with Crippen LogP contribution in [0.3, 0.4) is 0 Å². The van der Waals surface area contributed by atoms with Gasteiger partial charge in [-0.1, -0.05) is 6.07 Å². The van der Waals surface area contributed by atoms with Crippen LogP contribution in [0.1, 0.15) is 16.2 Å². The second kappa shape index (κ2) is 6.76. The van der Waals surface area contributed by atoms with E-state index in [0.29, 0.717) is 43.2 Å². The van der Waals surface area contributed by atoms with Crippen LogP contribution in [-0.4, -0.2) is 58.1 Å². The fraction of sp³-hybridized carbons (Fsp3) is 0.444. The molecule has 1 amide bonds. The van der Waals surface area contributed by atoms with Crippen LogP contribution in [-0.2, 0) is 4.74 Å². The van der Waals surface area contributed by atoms with Crippen molar-refractivity contribution < 1.29 is 9.53 Å². The fourth-order valence-electron chi connectivity index (χ4n) is 3.61. The molecule has 2 saturated heterocycles. The normalized spacial score (nSPS) is 25.0. The first-order valence-corrected chi connectivity index (χ1v) is 8.56. The highest BCUT2D eigenvalue weighted by atomic mass is 16.5. The highest BCUT2D eigenvalue weighted by Gasteiger charge is 2.45. The molecule has 2 aliphatic heterocycles. The van der Waals surface area contributed by atoms with Gasteiger partial charge in [0.15, 0.2) is 0 Å². The number of likely N-dealkylation sites (tertiary alicyclic amines) is 1. The van der Waals surface area contributed by atoms with Gasteiger partial charge in [0, 0.05) is 49.6 Å². The summed E-state index contributed by atoms with van der Waals surface area (Å²) in [7, 11) is 0. The van der Waals surface area contributed by atoms with Crippen molar-refractivity contribution in [1.29, 1.82) is 0 Å². The molecule has 2 aromatic heterocycles. The van der Waals surface area contributed by atoms with E-state index in [2.05, 4.69) is 20.3 Å². The molecule has 0 spiro atoms. The van der Waals surface area contributed by atoms with Gasteiger partial charge in [-0.2, -0.15) is 0 Å². The quantitative estimate of drug-likeness (QED) is 0.906. The van der Waals surface area contributed by atoms with Crippen molar-refractivity contribution in [2.24, 2.45) is 11.8 Å². The van der Waals surface area contributed by atoms with Gasteiger partial charge in [-0.05, 0) is 25.1 Å². The third kappa shape index (κ3) is 3.32. The summed E-state index contributed by atoms with van der Waals surface area (Å²) in [5, 5.41) is 3.26. The van der Waals surface area contributed by atoms with Crippen molar-refractivity contribution in [3.63, 3.8) is 0 Å². The molecule has 130 valence electrons. The number of nitrogens with one attached hydrogen (secondary N) is 1. The van der Waals surface area contributed by atoms with E-state index in [1.54, 1.807) is 24.5 Å². The maximum absolute atomic E-state index is 12.7. The minimum absolute atomic E-state index is 0.0141. The van der Waals surface area contributed by atoms with Crippen molar-refractivity contribution in [3.05, 3.63) is 48.0 Å².